The van der Waals surface area contributed by atoms with Gasteiger partial charge in [0.1, 0.15) is 11.5 Å². The van der Waals surface area contributed by atoms with Crippen LogP contribution >= 0.6 is 0 Å². The number of rotatable bonds is 2. The number of ether oxygens (including phenoxy) is 3. The number of para-hydroxylation sites is 1. The van der Waals surface area contributed by atoms with Crippen molar-refractivity contribution in [3.63, 3.8) is 0 Å². The molecule has 0 aromatic heterocycles. The number of nitrogens with zero attached hydrogens (tertiary/aromatic N) is 2. The van der Waals surface area contributed by atoms with Gasteiger partial charge in [-0.25, -0.2) is 0 Å². The molecular formula is C28H38N2O4. The van der Waals surface area contributed by atoms with Crippen LogP contribution in [0.5, 0.6) is 11.5 Å². The minimum atomic E-state index is 0.0832. The van der Waals surface area contributed by atoms with Gasteiger partial charge < -0.3 is 19.1 Å². The monoisotopic (exact) mass is 466 g/mol. The zero-order chi connectivity index (χ0) is 23.8. The van der Waals surface area contributed by atoms with Crippen LogP contribution in [-0.2, 0) is 11.3 Å². The van der Waals surface area contributed by atoms with Crippen LogP contribution in [0.15, 0.2) is 48.5 Å². The van der Waals surface area contributed by atoms with Crippen molar-refractivity contribution in [2.45, 2.75) is 38.6 Å². The number of carbonyl (C=O) groups is 1. The van der Waals surface area contributed by atoms with E-state index in [1.807, 2.05) is 35.2 Å². The minimum absolute atomic E-state index is 0.0832. The first-order valence-corrected chi connectivity index (χ1v) is 12.5. The molecule has 2 aliphatic heterocycles. The smallest absolute Gasteiger partial charge is 0.253 e. The zero-order valence-electron chi connectivity index (χ0n) is 20.6. The average Bonchev–Trinajstić information content (AvgIpc) is 2.87. The van der Waals surface area contributed by atoms with E-state index in [1.54, 1.807) is 7.11 Å². The molecule has 2 heterocycles. The van der Waals surface area contributed by atoms with Gasteiger partial charge in [0.2, 0.25) is 0 Å². The first-order valence-electron chi connectivity index (χ1n) is 12.5. The van der Waals surface area contributed by atoms with Gasteiger partial charge in [-0.1, -0.05) is 24.6 Å². The molecule has 1 saturated heterocycles. The van der Waals surface area contributed by atoms with Crippen LogP contribution in [0, 0.1) is 5.41 Å². The summed E-state index contributed by atoms with van der Waals surface area (Å²) < 4.78 is 17.6. The highest BCUT2D eigenvalue weighted by molar-refractivity contribution is 5.94. The van der Waals surface area contributed by atoms with Gasteiger partial charge in [0.15, 0.2) is 0 Å². The summed E-state index contributed by atoms with van der Waals surface area (Å²) in [5.74, 6) is 1.84. The van der Waals surface area contributed by atoms with E-state index in [1.165, 1.54) is 5.56 Å². The Hall–Kier alpha value is -2.57. The van der Waals surface area contributed by atoms with Crippen molar-refractivity contribution in [1.82, 2.24) is 9.80 Å². The highest BCUT2D eigenvalue weighted by Crippen LogP contribution is 2.38. The quantitative estimate of drug-likeness (QED) is 0.646. The van der Waals surface area contributed by atoms with Crippen molar-refractivity contribution in [1.29, 1.82) is 0 Å². The normalized spacial score (nSPS) is 20.1. The summed E-state index contributed by atoms with van der Waals surface area (Å²) in [7, 11) is 3.76. The van der Waals surface area contributed by atoms with Gasteiger partial charge in [-0.3, -0.25) is 9.69 Å². The molecule has 0 unspecified atom stereocenters. The zero-order valence-corrected chi connectivity index (χ0v) is 20.6. The summed E-state index contributed by atoms with van der Waals surface area (Å²) in [6, 6.07) is 15.8. The third-order valence-electron chi connectivity index (χ3n) is 7.26. The van der Waals surface area contributed by atoms with Crippen LogP contribution in [-0.4, -0.2) is 69.3 Å². The molecule has 0 bridgehead atoms. The fourth-order valence-electron chi connectivity index (χ4n) is 4.97. The number of likely N-dealkylation sites (tertiary alicyclic amines) is 1. The molecule has 1 spiro atoms. The molecule has 6 nitrogen and oxygen atoms in total. The number of fused-ring (bicyclic) bond motifs is 1. The Morgan fingerprint density at radius 2 is 1.71 bits per heavy atom. The largest absolute Gasteiger partial charge is 0.497 e. The predicted molar refractivity (Wildman–Crippen MR) is 134 cm³/mol. The van der Waals surface area contributed by atoms with Gasteiger partial charge in [0.05, 0.1) is 20.3 Å². The average molecular weight is 467 g/mol. The number of piperidine rings is 1. The number of amides is 1. The molecule has 2 aromatic rings. The summed E-state index contributed by atoms with van der Waals surface area (Å²) in [4.78, 5) is 17.4. The van der Waals surface area contributed by atoms with Crippen LogP contribution in [0.2, 0.25) is 0 Å². The van der Waals surface area contributed by atoms with Crippen molar-refractivity contribution >= 4 is 5.91 Å². The van der Waals surface area contributed by atoms with Gasteiger partial charge in [0, 0.05) is 49.3 Å². The Bertz CT molecular complexity index is 922. The highest BCUT2D eigenvalue weighted by atomic mass is 16.5. The molecular weight excluding hydrogens is 428 g/mol. The Labute approximate surface area is 203 Å². The lowest BCUT2D eigenvalue weighted by molar-refractivity contribution is 0.0333. The van der Waals surface area contributed by atoms with E-state index < -0.39 is 0 Å². The number of hydrogen-bond acceptors (Lipinski definition) is 5. The van der Waals surface area contributed by atoms with Crippen LogP contribution in [0.3, 0.4) is 0 Å². The number of likely N-dealkylation sites (N-methyl/N-ethyl adjacent to an activating group) is 1. The third kappa shape index (κ3) is 6.30. The fraction of sp³-hybridized carbons (Fsp3) is 0.536. The van der Waals surface area contributed by atoms with Crippen molar-refractivity contribution in [3.05, 3.63) is 59.7 Å². The summed E-state index contributed by atoms with van der Waals surface area (Å²) >= 11 is 0. The number of benzene rings is 2. The molecule has 0 saturated carbocycles. The van der Waals surface area contributed by atoms with Gasteiger partial charge in [-0.05, 0) is 63.1 Å². The van der Waals surface area contributed by atoms with Crippen LogP contribution < -0.4 is 9.47 Å². The molecule has 34 heavy (non-hydrogen) atoms. The van der Waals surface area contributed by atoms with Crippen LogP contribution in [0.1, 0.15) is 48.0 Å². The molecule has 0 atom stereocenters. The van der Waals surface area contributed by atoms with E-state index in [0.717, 1.165) is 83.0 Å². The van der Waals surface area contributed by atoms with Crippen molar-refractivity contribution in [3.8, 4) is 11.5 Å². The number of carbonyl (C=O) groups excluding carboxylic acids is 1. The Balaban J connectivity index is 1.44. The second kappa shape index (κ2) is 11.7. The summed E-state index contributed by atoms with van der Waals surface area (Å²) in [6.45, 7) is 5.53. The lowest BCUT2D eigenvalue weighted by Gasteiger charge is -2.42. The molecule has 1 amide bonds. The second-order valence-corrected chi connectivity index (χ2v) is 9.72. The number of hydrogen-bond donors (Lipinski definition) is 0. The van der Waals surface area contributed by atoms with E-state index in [2.05, 4.69) is 30.1 Å². The maximum Gasteiger partial charge on any atom is 0.253 e. The Morgan fingerprint density at radius 3 is 2.47 bits per heavy atom. The first-order chi connectivity index (χ1) is 16.6. The molecule has 2 aliphatic rings. The number of methoxy groups -OCH3 is 1. The molecule has 2 aromatic carbocycles. The summed E-state index contributed by atoms with van der Waals surface area (Å²) in [5.41, 5.74) is 2.01. The van der Waals surface area contributed by atoms with Gasteiger partial charge in [-0.15, -0.1) is 0 Å². The lowest BCUT2D eigenvalue weighted by Crippen LogP contribution is -2.45. The van der Waals surface area contributed by atoms with E-state index in [-0.39, 0.29) is 11.3 Å². The van der Waals surface area contributed by atoms with E-state index >= 15 is 0 Å². The standard InChI is InChI=1S/C28H38N2O4/c1-29-18-20-33-19-6-5-13-28(22-34-26-8-4-3-7-24(26)21-29)14-16-30(17-15-28)27(31)23-9-11-25(32-2)12-10-23/h3-4,7-12H,5-6,13-22H2,1-2H3. The van der Waals surface area contributed by atoms with Gasteiger partial charge >= 0.3 is 0 Å². The maximum atomic E-state index is 13.1. The molecule has 184 valence electrons. The van der Waals surface area contributed by atoms with Gasteiger partial charge in [0.25, 0.3) is 5.91 Å². The van der Waals surface area contributed by atoms with Crippen molar-refractivity contribution in [2.24, 2.45) is 5.41 Å². The topological polar surface area (TPSA) is 51.2 Å². The maximum absolute atomic E-state index is 13.1. The first kappa shape index (κ1) is 24.6. The van der Waals surface area contributed by atoms with Gasteiger partial charge in [-0.2, -0.15) is 0 Å². The molecule has 4 rings (SSSR count). The van der Waals surface area contributed by atoms with Crippen LogP contribution in [0.4, 0.5) is 0 Å². The highest BCUT2D eigenvalue weighted by Gasteiger charge is 2.36. The Kier molecular flexibility index (Phi) is 8.46. The second-order valence-electron chi connectivity index (χ2n) is 9.72. The summed E-state index contributed by atoms with van der Waals surface area (Å²) in [6.07, 6.45) is 5.20. The lowest BCUT2D eigenvalue weighted by atomic mass is 9.75. The molecule has 0 aliphatic carbocycles. The molecule has 1 fully saturated rings. The molecule has 6 heteroatoms. The third-order valence-corrected chi connectivity index (χ3v) is 7.26. The molecule has 0 radical (unpaired) electrons. The Morgan fingerprint density at radius 1 is 0.941 bits per heavy atom. The SMILES string of the molecule is COc1ccc(C(=O)N2CCC3(CCCCOCCN(C)Cc4ccccc4OC3)CC2)cc1. The van der Waals surface area contributed by atoms with Crippen LogP contribution in [0.25, 0.3) is 0 Å². The fourth-order valence-corrected chi connectivity index (χ4v) is 4.97. The summed E-state index contributed by atoms with van der Waals surface area (Å²) in [5, 5.41) is 0. The van der Waals surface area contributed by atoms with E-state index in [4.69, 9.17) is 14.2 Å². The van der Waals surface area contributed by atoms with E-state index in [0.29, 0.717) is 12.2 Å². The van der Waals surface area contributed by atoms with Crippen molar-refractivity contribution < 1.29 is 19.0 Å². The predicted octanol–water partition coefficient (Wildman–Crippen LogP) is 4.63. The van der Waals surface area contributed by atoms with E-state index in [9.17, 15) is 4.79 Å². The minimum Gasteiger partial charge on any atom is -0.497 e. The van der Waals surface area contributed by atoms with Crippen molar-refractivity contribution in [2.75, 3.05) is 53.6 Å². The molecule has 0 N–H and O–H groups in total.